The summed E-state index contributed by atoms with van der Waals surface area (Å²) in [5.74, 6) is -0.0609. The van der Waals surface area contributed by atoms with Crippen LogP contribution in [0, 0.1) is 17.8 Å². The summed E-state index contributed by atoms with van der Waals surface area (Å²) in [6.07, 6.45) is 11.1. The van der Waals surface area contributed by atoms with Gasteiger partial charge in [-0.05, 0) is 38.0 Å². The van der Waals surface area contributed by atoms with Crippen LogP contribution in [0.3, 0.4) is 0 Å². The Morgan fingerprint density at radius 1 is 0.800 bits per heavy atom. The lowest BCUT2D eigenvalue weighted by atomic mass is 9.75. The first-order valence-corrected chi connectivity index (χ1v) is 10.4. The molecule has 0 radical (unpaired) electrons. The maximum atomic E-state index is 12.3. The van der Waals surface area contributed by atoms with Gasteiger partial charge in [0.25, 0.3) is 0 Å². The van der Waals surface area contributed by atoms with Crippen molar-refractivity contribution in [1.82, 2.24) is 0 Å². The molecule has 1 saturated carbocycles. The van der Waals surface area contributed by atoms with Crippen LogP contribution in [0.15, 0.2) is 0 Å². The van der Waals surface area contributed by atoms with Crippen LogP contribution in [0.4, 0.5) is 0 Å². The summed E-state index contributed by atoms with van der Waals surface area (Å²) in [4.78, 5) is 24.4. The van der Waals surface area contributed by atoms with Crippen LogP contribution >= 0.6 is 0 Å². The zero-order valence-corrected chi connectivity index (χ0v) is 16.6. The molecular formula is C21H38O4. The van der Waals surface area contributed by atoms with E-state index in [9.17, 15) is 9.59 Å². The van der Waals surface area contributed by atoms with Crippen molar-refractivity contribution >= 4 is 11.9 Å². The fraction of sp³-hybridized carbons (Fsp3) is 0.905. The molecule has 0 spiro atoms. The molecule has 3 atom stereocenters. The van der Waals surface area contributed by atoms with Gasteiger partial charge < -0.3 is 9.47 Å². The molecule has 4 nitrogen and oxygen atoms in total. The highest BCUT2D eigenvalue weighted by Gasteiger charge is 2.36. The van der Waals surface area contributed by atoms with Gasteiger partial charge in [-0.2, -0.15) is 0 Å². The minimum atomic E-state index is -0.0743. The van der Waals surface area contributed by atoms with Gasteiger partial charge in [0, 0.05) is 0 Å². The highest BCUT2D eigenvalue weighted by Crippen LogP contribution is 2.35. The maximum absolute atomic E-state index is 12.3. The van der Waals surface area contributed by atoms with Crippen LogP contribution in [0.1, 0.15) is 91.4 Å². The van der Waals surface area contributed by atoms with E-state index in [1.165, 1.54) is 25.7 Å². The number of unbranched alkanes of at least 4 members (excludes halogenated alkanes) is 6. The van der Waals surface area contributed by atoms with Crippen LogP contribution in [-0.2, 0) is 19.1 Å². The van der Waals surface area contributed by atoms with E-state index in [2.05, 4.69) is 20.8 Å². The van der Waals surface area contributed by atoms with Crippen molar-refractivity contribution in [3.8, 4) is 0 Å². The quantitative estimate of drug-likeness (QED) is 0.353. The molecule has 146 valence electrons. The van der Waals surface area contributed by atoms with Gasteiger partial charge in [0.2, 0.25) is 0 Å². The topological polar surface area (TPSA) is 52.6 Å². The third-order valence-electron chi connectivity index (χ3n) is 5.29. The fourth-order valence-corrected chi connectivity index (χ4v) is 3.59. The smallest absolute Gasteiger partial charge is 0.309 e. The number of ether oxygens (including phenoxy) is 2. The van der Waals surface area contributed by atoms with Crippen LogP contribution in [0.25, 0.3) is 0 Å². The van der Waals surface area contributed by atoms with E-state index in [-0.39, 0.29) is 29.7 Å². The van der Waals surface area contributed by atoms with Crippen LogP contribution < -0.4 is 0 Å². The van der Waals surface area contributed by atoms with Crippen molar-refractivity contribution in [3.05, 3.63) is 0 Å². The molecule has 0 amide bonds. The normalized spacial score (nSPS) is 23.2. The van der Waals surface area contributed by atoms with Gasteiger partial charge in [0.15, 0.2) is 0 Å². The predicted octanol–water partition coefficient (Wildman–Crippen LogP) is 5.29. The Bertz CT molecular complexity index is 380. The first-order valence-electron chi connectivity index (χ1n) is 10.4. The number of hydrogen-bond donors (Lipinski definition) is 0. The molecule has 4 heteroatoms. The van der Waals surface area contributed by atoms with E-state index in [0.717, 1.165) is 44.9 Å². The van der Waals surface area contributed by atoms with Crippen molar-refractivity contribution in [2.45, 2.75) is 91.4 Å². The predicted molar refractivity (Wildman–Crippen MR) is 100 cm³/mol. The average Bonchev–Trinajstić information content (AvgIpc) is 2.60. The molecule has 0 saturated heterocycles. The molecule has 0 aromatic rings. The summed E-state index contributed by atoms with van der Waals surface area (Å²) in [5, 5.41) is 0. The van der Waals surface area contributed by atoms with E-state index in [1.807, 2.05) is 0 Å². The minimum Gasteiger partial charge on any atom is -0.465 e. The summed E-state index contributed by atoms with van der Waals surface area (Å²) < 4.78 is 10.9. The maximum Gasteiger partial charge on any atom is 0.309 e. The number of carbonyl (C=O) groups is 2. The lowest BCUT2D eigenvalue weighted by Gasteiger charge is -2.31. The molecule has 1 rings (SSSR count). The Kier molecular flexibility index (Phi) is 11.6. The molecule has 0 bridgehead atoms. The SMILES string of the molecule is CCCCCCOC(=O)C1CCC(C(=O)OCCCCCC)C(C)C1. The first kappa shape index (κ1) is 22.0. The van der Waals surface area contributed by atoms with E-state index >= 15 is 0 Å². The molecule has 0 aromatic carbocycles. The third kappa shape index (κ3) is 8.73. The van der Waals surface area contributed by atoms with Crippen LogP contribution in [0.5, 0.6) is 0 Å². The van der Waals surface area contributed by atoms with E-state index in [4.69, 9.17) is 9.47 Å². The van der Waals surface area contributed by atoms with Crippen molar-refractivity contribution < 1.29 is 19.1 Å². The molecule has 0 aliphatic heterocycles. The van der Waals surface area contributed by atoms with Crippen molar-refractivity contribution in [3.63, 3.8) is 0 Å². The number of hydrogen-bond acceptors (Lipinski definition) is 4. The van der Waals surface area contributed by atoms with E-state index < -0.39 is 0 Å². The van der Waals surface area contributed by atoms with Gasteiger partial charge in [-0.3, -0.25) is 9.59 Å². The Labute approximate surface area is 154 Å². The van der Waals surface area contributed by atoms with Crippen molar-refractivity contribution in [2.75, 3.05) is 13.2 Å². The Morgan fingerprint density at radius 3 is 1.88 bits per heavy atom. The summed E-state index contributed by atoms with van der Waals surface area (Å²) in [5.41, 5.74) is 0. The second kappa shape index (κ2) is 13.2. The molecule has 0 N–H and O–H groups in total. The average molecular weight is 355 g/mol. The number of esters is 2. The lowest BCUT2D eigenvalue weighted by molar-refractivity contribution is -0.157. The van der Waals surface area contributed by atoms with Crippen LogP contribution in [-0.4, -0.2) is 25.2 Å². The molecule has 0 aromatic heterocycles. The molecule has 3 unspecified atom stereocenters. The Balaban J connectivity index is 2.23. The zero-order chi connectivity index (χ0) is 18.5. The summed E-state index contributed by atoms with van der Waals surface area (Å²) in [6.45, 7) is 7.46. The van der Waals surface area contributed by atoms with Crippen LogP contribution in [0.2, 0.25) is 0 Å². The third-order valence-corrected chi connectivity index (χ3v) is 5.29. The highest BCUT2D eigenvalue weighted by atomic mass is 16.5. The molecule has 25 heavy (non-hydrogen) atoms. The lowest BCUT2D eigenvalue weighted by Crippen LogP contribution is -2.34. The standard InChI is InChI=1S/C21H38O4/c1-4-6-8-10-14-24-20(22)18-12-13-19(17(3)16-18)21(23)25-15-11-9-7-5-2/h17-19H,4-16H2,1-3H3. The Hall–Kier alpha value is -1.06. The second-order valence-corrected chi connectivity index (χ2v) is 7.55. The monoisotopic (exact) mass is 354 g/mol. The van der Waals surface area contributed by atoms with Crippen molar-refractivity contribution in [2.24, 2.45) is 17.8 Å². The van der Waals surface area contributed by atoms with Gasteiger partial charge in [0.1, 0.15) is 0 Å². The summed E-state index contributed by atoms with van der Waals surface area (Å²) in [6, 6.07) is 0. The van der Waals surface area contributed by atoms with Crippen molar-refractivity contribution in [1.29, 1.82) is 0 Å². The zero-order valence-electron chi connectivity index (χ0n) is 16.6. The highest BCUT2D eigenvalue weighted by molar-refractivity contribution is 5.75. The van der Waals surface area contributed by atoms with Gasteiger partial charge in [-0.15, -0.1) is 0 Å². The summed E-state index contributed by atoms with van der Waals surface area (Å²) in [7, 11) is 0. The number of rotatable bonds is 12. The van der Waals surface area contributed by atoms with E-state index in [0.29, 0.717) is 13.2 Å². The first-order chi connectivity index (χ1) is 12.1. The largest absolute Gasteiger partial charge is 0.465 e. The van der Waals surface area contributed by atoms with E-state index in [1.54, 1.807) is 0 Å². The van der Waals surface area contributed by atoms with Gasteiger partial charge >= 0.3 is 11.9 Å². The molecule has 1 aliphatic carbocycles. The van der Waals surface area contributed by atoms with Gasteiger partial charge in [0.05, 0.1) is 25.0 Å². The molecular weight excluding hydrogens is 316 g/mol. The molecule has 1 fully saturated rings. The van der Waals surface area contributed by atoms with Gasteiger partial charge in [-0.1, -0.05) is 59.3 Å². The summed E-state index contributed by atoms with van der Waals surface area (Å²) >= 11 is 0. The van der Waals surface area contributed by atoms with Gasteiger partial charge in [-0.25, -0.2) is 0 Å². The second-order valence-electron chi connectivity index (χ2n) is 7.55. The minimum absolute atomic E-state index is 0.0465. The number of carbonyl (C=O) groups excluding carboxylic acids is 2. The molecule has 1 aliphatic rings. The Morgan fingerprint density at radius 2 is 1.36 bits per heavy atom. The fourth-order valence-electron chi connectivity index (χ4n) is 3.59. The molecule has 0 heterocycles.